The summed E-state index contributed by atoms with van der Waals surface area (Å²) in [6, 6.07) is 2.67. The minimum absolute atomic E-state index is 0.167. The highest BCUT2D eigenvalue weighted by Gasteiger charge is 2.49. The Morgan fingerprint density at radius 3 is 2.54 bits per heavy atom. The van der Waals surface area contributed by atoms with Crippen LogP contribution in [0.25, 0.3) is 16.6 Å². The normalized spacial score (nSPS) is 16.7. The van der Waals surface area contributed by atoms with E-state index in [2.05, 4.69) is 14.4 Å². The van der Waals surface area contributed by atoms with Gasteiger partial charge in [0.25, 0.3) is 0 Å². The molecule has 0 aromatic carbocycles. The summed E-state index contributed by atoms with van der Waals surface area (Å²) in [6.45, 7) is 7.86. The number of halogens is 3. The van der Waals surface area contributed by atoms with Gasteiger partial charge >= 0.3 is 21.7 Å². The molecule has 1 saturated heterocycles. The molecule has 0 N–H and O–H groups in total. The third kappa shape index (κ3) is 5.06. The first-order valence-electron chi connectivity index (χ1n) is 11.1. The first-order valence-corrected chi connectivity index (χ1v) is 12.5. The first-order chi connectivity index (χ1) is 17.1. The van der Waals surface area contributed by atoms with Crippen LogP contribution in [0.2, 0.25) is 0 Å². The highest BCUT2D eigenvalue weighted by molar-refractivity contribution is 7.88. The van der Waals surface area contributed by atoms with Crippen molar-refractivity contribution < 1.29 is 35.3 Å². The minimum atomic E-state index is -6.01. The number of hydrogen-bond donors (Lipinski definition) is 0. The minimum Gasteiger partial charge on any atom is -0.444 e. The Labute approximate surface area is 210 Å². The third-order valence-electron chi connectivity index (χ3n) is 5.70. The lowest BCUT2D eigenvalue weighted by molar-refractivity contribution is -0.0499. The zero-order valence-corrected chi connectivity index (χ0v) is 21.1. The molecule has 1 fully saturated rings. The SMILES string of the molecule is Cc1c(-c2cc(OS(=O)(=O)C(F)(F)F)c3c(C#N)cnn3c2)cnn1[C@@H]1CCN(C(=O)OC(C)(C)C)C1. The molecule has 3 aromatic heterocycles. The maximum absolute atomic E-state index is 13.0. The molecule has 1 amide bonds. The number of carbonyl (C=O) groups excluding carboxylic acids is 1. The van der Waals surface area contributed by atoms with Crippen molar-refractivity contribution in [3.05, 3.63) is 35.9 Å². The second-order valence-corrected chi connectivity index (χ2v) is 11.0. The van der Waals surface area contributed by atoms with Crippen LogP contribution in [0, 0.1) is 18.3 Å². The molecule has 37 heavy (non-hydrogen) atoms. The second kappa shape index (κ2) is 8.94. The lowest BCUT2D eigenvalue weighted by Crippen LogP contribution is -2.35. The summed E-state index contributed by atoms with van der Waals surface area (Å²) in [6.07, 6.45) is 4.16. The fraction of sp³-hybridized carbons (Fsp3) is 0.455. The number of likely N-dealkylation sites (tertiary alicyclic amines) is 1. The number of nitriles is 1. The van der Waals surface area contributed by atoms with Crippen LogP contribution >= 0.6 is 0 Å². The zero-order valence-electron chi connectivity index (χ0n) is 20.3. The average Bonchev–Trinajstić information content (AvgIpc) is 3.49. The fourth-order valence-corrected chi connectivity index (χ4v) is 4.51. The van der Waals surface area contributed by atoms with Crippen molar-refractivity contribution in [2.24, 2.45) is 0 Å². The Morgan fingerprint density at radius 2 is 1.92 bits per heavy atom. The number of hydrogen-bond acceptors (Lipinski definition) is 8. The molecule has 0 saturated carbocycles. The van der Waals surface area contributed by atoms with E-state index in [1.54, 1.807) is 43.3 Å². The molecule has 1 atom stereocenters. The van der Waals surface area contributed by atoms with Crippen molar-refractivity contribution in [3.63, 3.8) is 0 Å². The van der Waals surface area contributed by atoms with Crippen LogP contribution in [0.1, 0.15) is 44.5 Å². The van der Waals surface area contributed by atoms with E-state index in [4.69, 9.17) is 4.74 Å². The number of carbonyl (C=O) groups is 1. The van der Waals surface area contributed by atoms with Crippen molar-refractivity contribution >= 4 is 21.7 Å². The van der Waals surface area contributed by atoms with Gasteiger partial charge in [-0.15, -0.1) is 0 Å². The van der Waals surface area contributed by atoms with E-state index in [9.17, 15) is 31.6 Å². The first kappa shape index (κ1) is 26.3. The molecule has 4 heterocycles. The Bertz CT molecular complexity index is 1510. The van der Waals surface area contributed by atoms with Crippen molar-refractivity contribution in [1.29, 1.82) is 5.26 Å². The van der Waals surface area contributed by atoms with Gasteiger partial charge in [-0.05, 0) is 40.2 Å². The van der Waals surface area contributed by atoms with Gasteiger partial charge < -0.3 is 13.8 Å². The molecule has 0 aliphatic carbocycles. The summed E-state index contributed by atoms with van der Waals surface area (Å²) in [4.78, 5) is 14.0. The predicted molar refractivity (Wildman–Crippen MR) is 123 cm³/mol. The second-order valence-electron chi connectivity index (χ2n) is 9.50. The topological polar surface area (TPSA) is 132 Å². The van der Waals surface area contributed by atoms with E-state index in [0.717, 1.165) is 16.8 Å². The Kier molecular flexibility index (Phi) is 6.35. The van der Waals surface area contributed by atoms with Crippen molar-refractivity contribution in [2.45, 2.75) is 51.3 Å². The smallest absolute Gasteiger partial charge is 0.444 e. The molecule has 0 spiro atoms. The molecule has 3 aromatic rings. The number of rotatable bonds is 4. The summed E-state index contributed by atoms with van der Waals surface area (Å²) < 4.78 is 75.1. The summed E-state index contributed by atoms with van der Waals surface area (Å²) in [5.74, 6) is -0.701. The van der Waals surface area contributed by atoms with Crippen LogP contribution in [0.4, 0.5) is 18.0 Å². The maximum atomic E-state index is 13.0. The molecule has 0 bridgehead atoms. The number of alkyl halides is 3. The Hall–Kier alpha value is -3.80. The van der Waals surface area contributed by atoms with Gasteiger partial charge in [-0.1, -0.05) is 0 Å². The van der Waals surface area contributed by atoms with Gasteiger partial charge in [-0.25, -0.2) is 9.31 Å². The van der Waals surface area contributed by atoms with Crippen LogP contribution in [-0.4, -0.2) is 63.0 Å². The number of amides is 1. The molecule has 1 aliphatic heterocycles. The lowest BCUT2D eigenvalue weighted by Gasteiger charge is -2.24. The highest BCUT2D eigenvalue weighted by atomic mass is 32.2. The van der Waals surface area contributed by atoms with Gasteiger partial charge in [0.1, 0.15) is 22.8 Å². The average molecular weight is 541 g/mol. The van der Waals surface area contributed by atoms with E-state index < -0.39 is 33.1 Å². The molecule has 15 heteroatoms. The van der Waals surface area contributed by atoms with Crippen molar-refractivity contribution in [1.82, 2.24) is 24.3 Å². The molecule has 11 nitrogen and oxygen atoms in total. The number of pyridine rings is 1. The highest BCUT2D eigenvalue weighted by Crippen LogP contribution is 2.36. The number of aromatic nitrogens is 4. The summed E-state index contributed by atoms with van der Waals surface area (Å²) in [5.41, 5.74) is -5.35. The largest absolute Gasteiger partial charge is 0.534 e. The summed E-state index contributed by atoms with van der Waals surface area (Å²) in [7, 11) is -6.01. The van der Waals surface area contributed by atoms with Gasteiger partial charge in [0.05, 0.1) is 18.4 Å². The monoisotopic (exact) mass is 540 g/mol. The van der Waals surface area contributed by atoms with Gasteiger partial charge in [0.15, 0.2) is 5.75 Å². The zero-order chi connectivity index (χ0) is 27.3. The van der Waals surface area contributed by atoms with E-state index >= 15 is 0 Å². The molecule has 0 radical (unpaired) electrons. The maximum Gasteiger partial charge on any atom is 0.534 e. The van der Waals surface area contributed by atoms with E-state index in [0.29, 0.717) is 30.8 Å². The standard InChI is InChI=1S/C22H23F3N6O5S/c1-13-17(10-28-31(13)16-5-6-29(12-16)20(32)35-21(2,3)4)14-7-18(36-37(33,34)22(23,24)25)19-15(8-26)9-27-30(19)11-14/h7,9-11,16H,5-6,12H2,1-4H3/t16-/m1/s1. The lowest BCUT2D eigenvalue weighted by atomic mass is 10.1. The number of ether oxygens (including phenoxy) is 1. The quantitative estimate of drug-likeness (QED) is 0.361. The Balaban J connectivity index is 1.69. The van der Waals surface area contributed by atoms with Crippen LogP contribution in [0.5, 0.6) is 5.75 Å². The molecular formula is C22H23F3N6O5S. The van der Waals surface area contributed by atoms with Crippen LogP contribution in [0.3, 0.4) is 0 Å². The van der Waals surface area contributed by atoms with E-state index in [1.165, 1.54) is 12.4 Å². The van der Waals surface area contributed by atoms with Crippen molar-refractivity contribution in [3.8, 4) is 22.9 Å². The molecular weight excluding hydrogens is 517 g/mol. The fourth-order valence-electron chi connectivity index (χ4n) is 4.05. The summed E-state index contributed by atoms with van der Waals surface area (Å²) >= 11 is 0. The molecule has 0 unspecified atom stereocenters. The Morgan fingerprint density at radius 1 is 1.22 bits per heavy atom. The summed E-state index contributed by atoms with van der Waals surface area (Å²) in [5, 5.41) is 17.7. The molecule has 1 aliphatic rings. The third-order valence-corrected chi connectivity index (χ3v) is 6.66. The number of nitrogens with zero attached hydrogens (tertiary/aromatic N) is 6. The van der Waals surface area contributed by atoms with E-state index in [-0.39, 0.29) is 22.7 Å². The number of fused-ring (bicyclic) bond motifs is 1. The van der Waals surface area contributed by atoms with Gasteiger partial charge in [0, 0.05) is 36.1 Å². The molecule has 4 rings (SSSR count). The van der Waals surface area contributed by atoms with Crippen LogP contribution < -0.4 is 4.18 Å². The van der Waals surface area contributed by atoms with Gasteiger partial charge in [-0.2, -0.15) is 37.0 Å². The predicted octanol–water partition coefficient (Wildman–Crippen LogP) is 3.79. The van der Waals surface area contributed by atoms with Crippen molar-refractivity contribution in [2.75, 3.05) is 13.1 Å². The van der Waals surface area contributed by atoms with Gasteiger partial charge in [-0.3, -0.25) is 4.68 Å². The molecule has 198 valence electrons. The van der Waals surface area contributed by atoms with E-state index in [1.807, 2.05) is 0 Å². The van der Waals surface area contributed by atoms with Gasteiger partial charge in [0.2, 0.25) is 0 Å². The van der Waals surface area contributed by atoms with Crippen LogP contribution in [-0.2, 0) is 14.9 Å². The van der Waals surface area contributed by atoms with Crippen LogP contribution in [0.15, 0.2) is 24.7 Å².